The third-order valence-corrected chi connectivity index (χ3v) is 3.18. The number of H-pyrrole nitrogens is 1. The van der Waals surface area contributed by atoms with Gasteiger partial charge in [0.1, 0.15) is 0 Å². The zero-order chi connectivity index (χ0) is 14.5. The van der Waals surface area contributed by atoms with Crippen molar-refractivity contribution in [2.45, 2.75) is 13.8 Å². The number of carbonyl (C=O) groups excluding carboxylic acids is 2. The van der Waals surface area contributed by atoms with Crippen molar-refractivity contribution in [2.75, 3.05) is 19.6 Å². The van der Waals surface area contributed by atoms with Crippen molar-refractivity contribution in [1.82, 2.24) is 15.2 Å². The standard InChI is InChI=1S/C15H19N3O2/c1-3-16-14(19)10-18(4-2)15(20)12-6-5-11-7-8-17-13(11)9-12/h5-9,17H,3-4,10H2,1-2H3,(H,16,19). The maximum absolute atomic E-state index is 12.4. The van der Waals surface area contributed by atoms with E-state index in [1.54, 1.807) is 6.07 Å². The summed E-state index contributed by atoms with van der Waals surface area (Å²) < 4.78 is 0. The molecule has 0 unspecified atom stereocenters. The van der Waals surface area contributed by atoms with Gasteiger partial charge in [-0.1, -0.05) is 6.07 Å². The number of rotatable bonds is 5. The molecule has 2 aromatic rings. The molecule has 0 spiro atoms. The Labute approximate surface area is 118 Å². The number of benzene rings is 1. The number of nitrogens with one attached hydrogen (secondary N) is 2. The first-order valence-corrected chi connectivity index (χ1v) is 6.78. The maximum atomic E-state index is 12.4. The Morgan fingerprint density at radius 2 is 2.05 bits per heavy atom. The van der Waals surface area contributed by atoms with E-state index in [0.29, 0.717) is 18.7 Å². The zero-order valence-electron chi connectivity index (χ0n) is 11.8. The van der Waals surface area contributed by atoms with Gasteiger partial charge in [-0.05, 0) is 37.4 Å². The Balaban J connectivity index is 2.16. The molecule has 0 aliphatic carbocycles. The lowest BCUT2D eigenvalue weighted by atomic mass is 10.1. The molecule has 20 heavy (non-hydrogen) atoms. The predicted octanol–water partition coefficient (Wildman–Crippen LogP) is 1.77. The lowest BCUT2D eigenvalue weighted by molar-refractivity contribution is -0.121. The lowest BCUT2D eigenvalue weighted by Crippen LogP contribution is -2.40. The van der Waals surface area contributed by atoms with E-state index in [-0.39, 0.29) is 18.4 Å². The topological polar surface area (TPSA) is 65.2 Å². The number of likely N-dealkylation sites (N-methyl/N-ethyl adjacent to an activating group) is 2. The van der Waals surface area contributed by atoms with Crippen molar-refractivity contribution in [3.05, 3.63) is 36.0 Å². The largest absolute Gasteiger partial charge is 0.361 e. The summed E-state index contributed by atoms with van der Waals surface area (Å²) in [6, 6.07) is 7.46. The van der Waals surface area contributed by atoms with Crippen LogP contribution in [0.15, 0.2) is 30.5 Å². The zero-order valence-corrected chi connectivity index (χ0v) is 11.8. The molecule has 0 bridgehead atoms. The molecule has 5 nitrogen and oxygen atoms in total. The molecule has 0 saturated carbocycles. The molecule has 0 aliphatic rings. The Kier molecular flexibility index (Phi) is 4.40. The maximum Gasteiger partial charge on any atom is 0.254 e. The molecule has 0 fully saturated rings. The smallest absolute Gasteiger partial charge is 0.254 e. The van der Waals surface area contributed by atoms with Gasteiger partial charge in [-0.2, -0.15) is 0 Å². The molecule has 2 amide bonds. The van der Waals surface area contributed by atoms with E-state index < -0.39 is 0 Å². The summed E-state index contributed by atoms with van der Waals surface area (Å²) in [5.41, 5.74) is 1.51. The van der Waals surface area contributed by atoms with Crippen LogP contribution in [0.5, 0.6) is 0 Å². The number of aromatic amines is 1. The molecule has 5 heteroatoms. The first kappa shape index (κ1) is 14.1. The van der Waals surface area contributed by atoms with Gasteiger partial charge < -0.3 is 15.2 Å². The minimum absolute atomic E-state index is 0.0892. The summed E-state index contributed by atoms with van der Waals surface area (Å²) in [5.74, 6) is -0.265. The molecule has 1 heterocycles. The number of hydrogen-bond donors (Lipinski definition) is 2. The van der Waals surface area contributed by atoms with Crippen LogP contribution in [0.3, 0.4) is 0 Å². The van der Waals surface area contributed by atoms with Crippen LogP contribution in [0.2, 0.25) is 0 Å². The van der Waals surface area contributed by atoms with Crippen LogP contribution < -0.4 is 5.32 Å². The van der Waals surface area contributed by atoms with Gasteiger partial charge in [-0.25, -0.2) is 0 Å². The van der Waals surface area contributed by atoms with Crippen LogP contribution >= 0.6 is 0 Å². The quantitative estimate of drug-likeness (QED) is 0.872. The molecule has 106 valence electrons. The van der Waals surface area contributed by atoms with Crippen molar-refractivity contribution >= 4 is 22.7 Å². The van der Waals surface area contributed by atoms with Gasteiger partial charge in [0, 0.05) is 30.4 Å². The van der Waals surface area contributed by atoms with Crippen molar-refractivity contribution in [3.63, 3.8) is 0 Å². The van der Waals surface area contributed by atoms with E-state index in [4.69, 9.17) is 0 Å². The fourth-order valence-corrected chi connectivity index (χ4v) is 2.12. The Morgan fingerprint density at radius 1 is 1.25 bits per heavy atom. The van der Waals surface area contributed by atoms with Gasteiger partial charge in [-0.15, -0.1) is 0 Å². The molecule has 2 N–H and O–H groups in total. The lowest BCUT2D eigenvalue weighted by Gasteiger charge is -2.20. The van der Waals surface area contributed by atoms with Gasteiger partial charge in [-0.3, -0.25) is 9.59 Å². The van der Waals surface area contributed by atoms with E-state index in [1.165, 1.54) is 4.90 Å². The average molecular weight is 273 g/mol. The second kappa shape index (κ2) is 6.23. The van der Waals surface area contributed by atoms with Gasteiger partial charge in [0.25, 0.3) is 5.91 Å². The Hall–Kier alpha value is -2.30. The highest BCUT2D eigenvalue weighted by Crippen LogP contribution is 2.15. The minimum atomic E-state index is -0.136. The molecule has 1 aromatic heterocycles. The summed E-state index contributed by atoms with van der Waals surface area (Å²) >= 11 is 0. The van der Waals surface area contributed by atoms with E-state index in [0.717, 1.165) is 10.9 Å². The molecular weight excluding hydrogens is 254 g/mol. The summed E-state index contributed by atoms with van der Waals surface area (Å²) in [6.45, 7) is 4.88. The molecule has 2 rings (SSSR count). The van der Waals surface area contributed by atoms with E-state index in [1.807, 2.05) is 38.2 Å². The molecule has 0 atom stereocenters. The van der Waals surface area contributed by atoms with Crippen molar-refractivity contribution in [2.24, 2.45) is 0 Å². The Morgan fingerprint density at radius 3 is 2.75 bits per heavy atom. The monoisotopic (exact) mass is 273 g/mol. The third-order valence-electron chi connectivity index (χ3n) is 3.18. The van der Waals surface area contributed by atoms with Crippen LogP contribution in [-0.2, 0) is 4.79 Å². The SMILES string of the molecule is CCNC(=O)CN(CC)C(=O)c1ccc2cc[nH]c2c1. The number of aromatic nitrogens is 1. The van der Waals surface area contributed by atoms with Gasteiger partial charge in [0.05, 0.1) is 6.54 Å². The van der Waals surface area contributed by atoms with E-state index >= 15 is 0 Å². The minimum Gasteiger partial charge on any atom is -0.361 e. The van der Waals surface area contributed by atoms with E-state index in [2.05, 4.69) is 10.3 Å². The predicted molar refractivity (Wildman–Crippen MR) is 78.6 cm³/mol. The summed E-state index contributed by atoms with van der Waals surface area (Å²) in [7, 11) is 0. The first-order valence-electron chi connectivity index (χ1n) is 6.78. The third kappa shape index (κ3) is 2.99. The normalized spacial score (nSPS) is 10.5. The Bertz CT molecular complexity index is 618. The molecule has 0 aliphatic heterocycles. The first-order chi connectivity index (χ1) is 9.65. The molecule has 0 radical (unpaired) electrons. The van der Waals surface area contributed by atoms with Crippen molar-refractivity contribution in [3.8, 4) is 0 Å². The number of amides is 2. The van der Waals surface area contributed by atoms with Gasteiger partial charge in [0.2, 0.25) is 5.91 Å². The average Bonchev–Trinajstić information content (AvgIpc) is 2.91. The number of carbonyl (C=O) groups is 2. The summed E-state index contributed by atoms with van der Waals surface area (Å²) in [6.07, 6.45) is 1.84. The van der Waals surface area contributed by atoms with Gasteiger partial charge in [0.15, 0.2) is 0 Å². The molecular formula is C15H19N3O2. The highest BCUT2D eigenvalue weighted by atomic mass is 16.2. The summed E-state index contributed by atoms with van der Waals surface area (Å²) in [5, 5.41) is 3.77. The van der Waals surface area contributed by atoms with Gasteiger partial charge >= 0.3 is 0 Å². The molecule has 0 saturated heterocycles. The van der Waals surface area contributed by atoms with Crippen LogP contribution in [0.25, 0.3) is 10.9 Å². The molecule has 1 aromatic carbocycles. The van der Waals surface area contributed by atoms with Crippen LogP contribution in [0.4, 0.5) is 0 Å². The second-order valence-electron chi connectivity index (χ2n) is 4.55. The highest BCUT2D eigenvalue weighted by molar-refractivity contribution is 5.99. The summed E-state index contributed by atoms with van der Waals surface area (Å²) in [4.78, 5) is 28.6. The fraction of sp³-hybridized carbons (Fsp3) is 0.333. The number of hydrogen-bond acceptors (Lipinski definition) is 2. The van der Waals surface area contributed by atoms with Crippen LogP contribution in [-0.4, -0.2) is 41.3 Å². The second-order valence-corrected chi connectivity index (χ2v) is 4.55. The van der Waals surface area contributed by atoms with Crippen molar-refractivity contribution in [1.29, 1.82) is 0 Å². The highest BCUT2D eigenvalue weighted by Gasteiger charge is 2.17. The van der Waals surface area contributed by atoms with Crippen LogP contribution in [0, 0.1) is 0 Å². The van der Waals surface area contributed by atoms with E-state index in [9.17, 15) is 9.59 Å². The van der Waals surface area contributed by atoms with Crippen LogP contribution in [0.1, 0.15) is 24.2 Å². The van der Waals surface area contributed by atoms with Crippen molar-refractivity contribution < 1.29 is 9.59 Å². The number of fused-ring (bicyclic) bond motifs is 1. The number of nitrogens with zero attached hydrogens (tertiary/aromatic N) is 1. The fourth-order valence-electron chi connectivity index (χ4n) is 2.12.